The molecule has 3 aromatic rings. The second-order valence-electron chi connectivity index (χ2n) is 4.93. The van der Waals surface area contributed by atoms with Gasteiger partial charge < -0.3 is 5.32 Å². The van der Waals surface area contributed by atoms with Crippen LogP contribution in [0.1, 0.15) is 10.4 Å². The molecule has 0 saturated heterocycles. The first kappa shape index (κ1) is 17.1. The average Bonchev–Trinajstić information content (AvgIpc) is 3.07. The summed E-state index contributed by atoms with van der Waals surface area (Å²) >= 11 is 1.17. The predicted octanol–water partition coefficient (Wildman–Crippen LogP) is 3.34. The SMILES string of the molecule is O=C(Nc1ccc(S(=O)(=O)Nc2nccs2)cc1)c1cccc(F)c1. The summed E-state index contributed by atoms with van der Waals surface area (Å²) < 4.78 is 39.9. The van der Waals surface area contributed by atoms with E-state index in [0.717, 1.165) is 6.07 Å². The number of nitrogens with zero attached hydrogens (tertiary/aromatic N) is 1. The second-order valence-corrected chi connectivity index (χ2v) is 7.51. The predicted molar refractivity (Wildman–Crippen MR) is 93.7 cm³/mol. The van der Waals surface area contributed by atoms with Gasteiger partial charge in [-0.05, 0) is 42.5 Å². The maximum Gasteiger partial charge on any atom is 0.263 e. The number of aromatic nitrogens is 1. The first-order valence-corrected chi connectivity index (χ1v) is 9.40. The quantitative estimate of drug-likeness (QED) is 0.714. The Morgan fingerprint density at radius 3 is 2.52 bits per heavy atom. The molecule has 0 aliphatic rings. The maximum absolute atomic E-state index is 13.1. The van der Waals surface area contributed by atoms with E-state index in [4.69, 9.17) is 0 Å². The molecule has 1 heterocycles. The van der Waals surface area contributed by atoms with Crippen LogP contribution in [-0.4, -0.2) is 19.3 Å². The molecule has 0 radical (unpaired) electrons. The largest absolute Gasteiger partial charge is 0.322 e. The van der Waals surface area contributed by atoms with Gasteiger partial charge in [0.2, 0.25) is 0 Å². The molecule has 0 unspecified atom stereocenters. The first-order valence-electron chi connectivity index (χ1n) is 7.03. The van der Waals surface area contributed by atoms with Crippen molar-refractivity contribution in [3.8, 4) is 0 Å². The van der Waals surface area contributed by atoms with E-state index < -0.39 is 21.7 Å². The third-order valence-electron chi connectivity index (χ3n) is 3.16. The Labute approximate surface area is 147 Å². The maximum atomic E-state index is 13.1. The van der Waals surface area contributed by atoms with Crippen LogP contribution in [-0.2, 0) is 10.0 Å². The number of thiazole rings is 1. The number of hydrogen-bond acceptors (Lipinski definition) is 5. The standard InChI is InChI=1S/C16H12FN3O3S2/c17-12-3-1-2-11(10-12)15(21)19-13-4-6-14(7-5-13)25(22,23)20-16-18-8-9-24-16/h1-10H,(H,18,20)(H,19,21). The lowest BCUT2D eigenvalue weighted by atomic mass is 10.2. The molecule has 0 bridgehead atoms. The molecule has 0 atom stereocenters. The van der Waals surface area contributed by atoms with E-state index in [1.165, 1.54) is 60.0 Å². The van der Waals surface area contributed by atoms with Crippen LogP contribution in [0.25, 0.3) is 0 Å². The molecular weight excluding hydrogens is 365 g/mol. The number of rotatable bonds is 5. The summed E-state index contributed by atoms with van der Waals surface area (Å²) in [5, 5.41) is 4.50. The number of carbonyl (C=O) groups is 1. The molecule has 0 spiro atoms. The van der Waals surface area contributed by atoms with Gasteiger partial charge in [0.1, 0.15) is 5.82 Å². The topological polar surface area (TPSA) is 88.2 Å². The van der Waals surface area contributed by atoms with Gasteiger partial charge in [-0.2, -0.15) is 0 Å². The Kier molecular flexibility index (Phi) is 4.77. The van der Waals surface area contributed by atoms with E-state index in [2.05, 4.69) is 15.0 Å². The molecule has 1 aromatic heterocycles. The van der Waals surface area contributed by atoms with Crippen LogP contribution < -0.4 is 10.0 Å². The zero-order valence-corrected chi connectivity index (χ0v) is 14.3. The van der Waals surface area contributed by atoms with E-state index >= 15 is 0 Å². The molecule has 0 aliphatic heterocycles. The highest BCUT2D eigenvalue weighted by atomic mass is 32.2. The molecule has 3 rings (SSSR count). The molecule has 9 heteroatoms. The molecule has 0 saturated carbocycles. The van der Waals surface area contributed by atoms with Gasteiger partial charge in [-0.25, -0.2) is 17.8 Å². The highest BCUT2D eigenvalue weighted by Crippen LogP contribution is 2.20. The van der Waals surface area contributed by atoms with Crippen molar-refractivity contribution < 1.29 is 17.6 Å². The highest BCUT2D eigenvalue weighted by molar-refractivity contribution is 7.93. The van der Waals surface area contributed by atoms with Gasteiger partial charge in [0, 0.05) is 22.8 Å². The number of halogens is 1. The lowest BCUT2D eigenvalue weighted by Crippen LogP contribution is -2.14. The fraction of sp³-hybridized carbons (Fsp3) is 0. The molecule has 2 N–H and O–H groups in total. The lowest BCUT2D eigenvalue weighted by molar-refractivity contribution is 0.102. The van der Waals surface area contributed by atoms with Gasteiger partial charge in [-0.15, -0.1) is 11.3 Å². The summed E-state index contributed by atoms with van der Waals surface area (Å²) in [6.45, 7) is 0. The Hall–Kier alpha value is -2.78. The summed E-state index contributed by atoms with van der Waals surface area (Å²) in [7, 11) is -3.75. The third kappa shape index (κ3) is 4.20. The summed E-state index contributed by atoms with van der Waals surface area (Å²) in [5.41, 5.74) is 0.560. The fourth-order valence-corrected chi connectivity index (χ4v) is 3.79. The number of amides is 1. The molecular formula is C16H12FN3O3S2. The molecule has 6 nitrogen and oxygen atoms in total. The summed E-state index contributed by atoms with van der Waals surface area (Å²) in [4.78, 5) is 15.9. The minimum absolute atomic E-state index is 0.0338. The molecule has 2 aromatic carbocycles. The number of sulfonamides is 1. The Morgan fingerprint density at radius 1 is 1.12 bits per heavy atom. The van der Waals surface area contributed by atoms with Crippen LogP contribution in [0.3, 0.4) is 0 Å². The van der Waals surface area contributed by atoms with Crippen molar-refractivity contribution in [2.75, 3.05) is 10.0 Å². The van der Waals surface area contributed by atoms with E-state index in [-0.39, 0.29) is 15.6 Å². The van der Waals surface area contributed by atoms with Gasteiger partial charge in [0.05, 0.1) is 4.90 Å². The number of nitrogens with one attached hydrogen (secondary N) is 2. The number of carbonyl (C=O) groups excluding carboxylic acids is 1. The van der Waals surface area contributed by atoms with Crippen LogP contribution in [0, 0.1) is 5.82 Å². The summed E-state index contributed by atoms with van der Waals surface area (Å²) in [5.74, 6) is -1.00. The van der Waals surface area contributed by atoms with Gasteiger partial charge >= 0.3 is 0 Å². The summed E-state index contributed by atoms with van der Waals surface area (Å²) in [6.07, 6.45) is 1.49. The van der Waals surface area contributed by atoms with Crippen LogP contribution in [0.15, 0.2) is 65.0 Å². The average molecular weight is 377 g/mol. The van der Waals surface area contributed by atoms with Crippen molar-refractivity contribution in [3.05, 3.63) is 71.5 Å². The van der Waals surface area contributed by atoms with E-state index in [1.54, 1.807) is 5.38 Å². The van der Waals surface area contributed by atoms with Crippen molar-refractivity contribution in [1.82, 2.24) is 4.98 Å². The van der Waals surface area contributed by atoms with Crippen LogP contribution >= 0.6 is 11.3 Å². The van der Waals surface area contributed by atoms with Gasteiger partial charge in [-0.3, -0.25) is 9.52 Å². The number of benzene rings is 2. The van der Waals surface area contributed by atoms with E-state index in [0.29, 0.717) is 5.69 Å². The van der Waals surface area contributed by atoms with Crippen molar-refractivity contribution >= 4 is 38.1 Å². The molecule has 0 aliphatic carbocycles. The van der Waals surface area contributed by atoms with Crippen molar-refractivity contribution in [3.63, 3.8) is 0 Å². The van der Waals surface area contributed by atoms with Crippen LogP contribution in [0.4, 0.5) is 15.2 Å². The van der Waals surface area contributed by atoms with Gasteiger partial charge in [-0.1, -0.05) is 6.07 Å². The normalized spacial score (nSPS) is 11.1. The van der Waals surface area contributed by atoms with Crippen LogP contribution in [0.2, 0.25) is 0 Å². The third-order valence-corrected chi connectivity index (χ3v) is 5.34. The monoisotopic (exact) mass is 377 g/mol. The van der Waals surface area contributed by atoms with Crippen molar-refractivity contribution in [2.45, 2.75) is 4.90 Å². The minimum atomic E-state index is -3.75. The smallest absolute Gasteiger partial charge is 0.263 e. The van der Waals surface area contributed by atoms with E-state index in [1.807, 2.05) is 0 Å². The highest BCUT2D eigenvalue weighted by Gasteiger charge is 2.15. The lowest BCUT2D eigenvalue weighted by Gasteiger charge is -2.08. The van der Waals surface area contributed by atoms with Crippen molar-refractivity contribution in [1.29, 1.82) is 0 Å². The first-order chi connectivity index (χ1) is 11.9. The molecule has 128 valence electrons. The molecule has 25 heavy (non-hydrogen) atoms. The Morgan fingerprint density at radius 2 is 1.88 bits per heavy atom. The Balaban J connectivity index is 1.73. The van der Waals surface area contributed by atoms with Gasteiger partial charge in [0.15, 0.2) is 5.13 Å². The molecule has 1 amide bonds. The fourth-order valence-electron chi connectivity index (χ4n) is 2.00. The Bertz CT molecular complexity index is 988. The zero-order chi connectivity index (χ0) is 17.9. The zero-order valence-electron chi connectivity index (χ0n) is 12.6. The number of anilines is 2. The minimum Gasteiger partial charge on any atom is -0.322 e. The molecule has 0 fully saturated rings. The summed E-state index contributed by atoms with van der Waals surface area (Å²) in [6, 6.07) is 10.9. The second kappa shape index (κ2) is 6.99. The van der Waals surface area contributed by atoms with Crippen molar-refractivity contribution in [2.24, 2.45) is 0 Å². The van der Waals surface area contributed by atoms with Gasteiger partial charge in [0.25, 0.3) is 15.9 Å². The van der Waals surface area contributed by atoms with Crippen LogP contribution in [0.5, 0.6) is 0 Å². The number of hydrogen-bond donors (Lipinski definition) is 2. The van der Waals surface area contributed by atoms with E-state index in [9.17, 15) is 17.6 Å².